The van der Waals surface area contributed by atoms with Crippen molar-refractivity contribution in [2.75, 3.05) is 23.8 Å². The lowest BCUT2D eigenvalue weighted by Gasteiger charge is -2.10. The molecular weight excluding hydrogens is 380 g/mol. The summed E-state index contributed by atoms with van der Waals surface area (Å²) in [6.07, 6.45) is 0. The summed E-state index contributed by atoms with van der Waals surface area (Å²) in [6, 6.07) is 14.9. The molecule has 0 atom stereocenters. The van der Waals surface area contributed by atoms with Crippen LogP contribution in [0.5, 0.6) is 0 Å². The second kappa shape index (κ2) is 9.26. The van der Waals surface area contributed by atoms with Crippen LogP contribution in [-0.2, 0) is 9.53 Å². The van der Waals surface area contributed by atoms with E-state index in [9.17, 15) is 9.59 Å². The molecule has 1 heterocycles. The molecule has 7 heteroatoms. The average molecular weight is 406 g/mol. The number of nitrogens with zero attached hydrogens (tertiary/aromatic N) is 2. The van der Waals surface area contributed by atoms with Crippen LogP contribution in [0.25, 0.3) is 5.69 Å². The van der Waals surface area contributed by atoms with E-state index in [1.54, 1.807) is 31.2 Å². The molecule has 0 radical (unpaired) electrons. The van der Waals surface area contributed by atoms with E-state index in [4.69, 9.17) is 4.74 Å². The van der Waals surface area contributed by atoms with Crippen LogP contribution in [0.2, 0.25) is 0 Å². The van der Waals surface area contributed by atoms with Crippen molar-refractivity contribution < 1.29 is 14.3 Å². The number of aryl methyl sites for hydroxylation is 2. The molecule has 3 rings (SSSR count). The molecule has 0 aliphatic heterocycles. The summed E-state index contributed by atoms with van der Waals surface area (Å²) in [5, 5.41) is 10.5. The molecule has 0 aliphatic rings. The van der Waals surface area contributed by atoms with Crippen LogP contribution in [0, 0.1) is 20.8 Å². The number of esters is 1. The number of nitrogens with one attached hydrogen (secondary N) is 2. The van der Waals surface area contributed by atoms with E-state index in [0.29, 0.717) is 23.5 Å². The van der Waals surface area contributed by atoms with Crippen molar-refractivity contribution in [2.24, 2.45) is 0 Å². The molecule has 3 aromatic rings. The maximum Gasteiger partial charge on any atom is 0.338 e. The number of hydrogen-bond acceptors (Lipinski definition) is 5. The van der Waals surface area contributed by atoms with Gasteiger partial charge in [-0.1, -0.05) is 23.8 Å². The van der Waals surface area contributed by atoms with Gasteiger partial charge in [-0.15, -0.1) is 0 Å². The summed E-state index contributed by atoms with van der Waals surface area (Å²) in [4.78, 5) is 24.4. The third-order valence-electron chi connectivity index (χ3n) is 4.66. The number of ether oxygens (including phenoxy) is 1. The third kappa shape index (κ3) is 4.86. The van der Waals surface area contributed by atoms with Gasteiger partial charge in [-0.05, 0) is 58.0 Å². The molecule has 0 unspecified atom stereocenters. The molecule has 7 nitrogen and oxygen atoms in total. The first-order valence-corrected chi connectivity index (χ1v) is 9.83. The minimum atomic E-state index is -0.389. The fraction of sp³-hybridized carbons (Fsp3) is 0.261. The zero-order valence-corrected chi connectivity index (χ0v) is 17.7. The molecule has 0 saturated heterocycles. The molecule has 2 N–H and O–H groups in total. The van der Waals surface area contributed by atoms with E-state index in [0.717, 1.165) is 17.1 Å². The van der Waals surface area contributed by atoms with Crippen molar-refractivity contribution in [1.82, 2.24) is 9.78 Å². The molecule has 0 saturated carbocycles. The fourth-order valence-electron chi connectivity index (χ4n) is 3.10. The number of amides is 1. The third-order valence-corrected chi connectivity index (χ3v) is 4.66. The highest BCUT2D eigenvalue weighted by Crippen LogP contribution is 2.23. The van der Waals surface area contributed by atoms with E-state index in [-0.39, 0.29) is 18.4 Å². The molecule has 156 valence electrons. The Morgan fingerprint density at radius 1 is 1.07 bits per heavy atom. The van der Waals surface area contributed by atoms with Crippen molar-refractivity contribution in [3.63, 3.8) is 0 Å². The highest BCUT2D eigenvalue weighted by atomic mass is 16.5. The zero-order chi connectivity index (χ0) is 21.7. The van der Waals surface area contributed by atoms with Gasteiger partial charge in [-0.2, -0.15) is 5.10 Å². The first kappa shape index (κ1) is 21.1. The fourth-order valence-corrected chi connectivity index (χ4v) is 3.10. The van der Waals surface area contributed by atoms with Crippen molar-refractivity contribution in [3.05, 3.63) is 71.0 Å². The minimum Gasteiger partial charge on any atom is -0.462 e. The van der Waals surface area contributed by atoms with Gasteiger partial charge in [-0.25, -0.2) is 9.48 Å². The number of carbonyl (C=O) groups is 2. The largest absolute Gasteiger partial charge is 0.462 e. The van der Waals surface area contributed by atoms with Crippen LogP contribution in [0.4, 0.5) is 11.4 Å². The second-order valence-electron chi connectivity index (χ2n) is 7.00. The van der Waals surface area contributed by atoms with Crippen LogP contribution in [0.15, 0.2) is 48.5 Å². The Bertz CT molecular complexity index is 1050. The van der Waals surface area contributed by atoms with Crippen LogP contribution < -0.4 is 10.6 Å². The smallest absolute Gasteiger partial charge is 0.338 e. The lowest BCUT2D eigenvalue weighted by Crippen LogP contribution is -2.22. The molecule has 0 spiro atoms. The topological polar surface area (TPSA) is 85.2 Å². The molecule has 1 aromatic heterocycles. The summed E-state index contributed by atoms with van der Waals surface area (Å²) < 4.78 is 6.82. The summed E-state index contributed by atoms with van der Waals surface area (Å²) in [5.41, 5.74) is 5.51. The highest BCUT2D eigenvalue weighted by molar-refractivity contribution is 5.95. The van der Waals surface area contributed by atoms with Gasteiger partial charge in [0.1, 0.15) is 0 Å². The van der Waals surface area contributed by atoms with E-state index < -0.39 is 0 Å². The molecule has 0 fully saturated rings. The van der Waals surface area contributed by atoms with Crippen LogP contribution >= 0.6 is 0 Å². The Labute approximate surface area is 176 Å². The molecule has 1 amide bonds. The Hall–Kier alpha value is -3.61. The second-order valence-corrected chi connectivity index (χ2v) is 7.00. The van der Waals surface area contributed by atoms with E-state index >= 15 is 0 Å². The van der Waals surface area contributed by atoms with Gasteiger partial charge in [-0.3, -0.25) is 4.79 Å². The van der Waals surface area contributed by atoms with Gasteiger partial charge in [0.25, 0.3) is 0 Å². The molecule has 0 aliphatic carbocycles. The van der Waals surface area contributed by atoms with Crippen molar-refractivity contribution in [2.45, 2.75) is 27.7 Å². The number of anilines is 2. The highest BCUT2D eigenvalue weighted by Gasteiger charge is 2.15. The molecule has 2 aromatic carbocycles. The van der Waals surface area contributed by atoms with Gasteiger partial charge < -0.3 is 15.4 Å². The Morgan fingerprint density at radius 2 is 1.80 bits per heavy atom. The molecule has 30 heavy (non-hydrogen) atoms. The monoisotopic (exact) mass is 406 g/mol. The van der Waals surface area contributed by atoms with Gasteiger partial charge in [0, 0.05) is 5.69 Å². The molecule has 0 bridgehead atoms. The maximum atomic E-state index is 12.5. The quantitative estimate of drug-likeness (QED) is 0.579. The summed E-state index contributed by atoms with van der Waals surface area (Å²) in [7, 11) is 0. The van der Waals surface area contributed by atoms with Crippen molar-refractivity contribution >= 4 is 23.3 Å². The van der Waals surface area contributed by atoms with Crippen LogP contribution in [-0.4, -0.2) is 34.8 Å². The van der Waals surface area contributed by atoms with Gasteiger partial charge in [0.2, 0.25) is 5.91 Å². The van der Waals surface area contributed by atoms with E-state index in [2.05, 4.69) is 15.7 Å². The van der Waals surface area contributed by atoms with Crippen LogP contribution in [0.3, 0.4) is 0 Å². The van der Waals surface area contributed by atoms with E-state index in [1.165, 1.54) is 5.56 Å². The maximum absolute atomic E-state index is 12.5. The zero-order valence-electron chi connectivity index (χ0n) is 17.7. The Kier molecular flexibility index (Phi) is 6.51. The lowest BCUT2D eigenvalue weighted by atomic mass is 10.2. The number of benzene rings is 2. The van der Waals surface area contributed by atoms with Gasteiger partial charge >= 0.3 is 5.97 Å². The first-order valence-electron chi connectivity index (χ1n) is 9.83. The number of carbonyl (C=O) groups excluding carboxylic acids is 2. The average Bonchev–Trinajstić information content (AvgIpc) is 3.01. The minimum absolute atomic E-state index is 0.0564. The summed E-state index contributed by atoms with van der Waals surface area (Å²) in [6.45, 7) is 7.95. The summed E-state index contributed by atoms with van der Waals surface area (Å²) >= 11 is 0. The molecular formula is C23H26N4O3. The summed E-state index contributed by atoms with van der Waals surface area (Å²) in [5.74, 6) is -0.591. The predicted molar refractivity (Wildman–Crippen MR) is 117 cm³/mol. The predicted octanol–water partition coefficient (Wildman–Crippen LogP) is 4.02. The number of rotatable bonds is 7. The lowest BCUT2D eigenvalue weighted by molar-refractivity contribution is -0.114. The van der Waals surface area contributed by atoms with Crippen LogP contribution in [0.1, 0.15) is 34.2 Å². The van der Waals surface area contributed by atoms with E-state index in [1.807, 2.05) is 49.7 Å². The normalized spacial score (nSPS) is 10.5. The number of aromatic nitrogens is 2. The Morgan fingerprint density at radius 3 is 2.50 bits per heavy atom. The SMILES string of the molecule is CCOC(=O)c1cccc(NCC(=O)Nc2c(C)nn(-c3ccc(C)cc3)c2C)c1. The van der Waals surface area contributed by atoms with Gasteiger partial charge in [0.15, 0.2) is 0 Å². The number of hydrogen-bond donors (Lipinski definition) is 2. The Balaban J connectivity index is 1.66. The van der Waals surface area contributed by atoms with Crippen molar-refractivity contribution in [1.29, 1.82) is 0 Å². The standard InChI is InChI=1S/C23H26N4O3/c1-5-30-23(29)18-7-6-8-19(13-18)24-14-21(28)25-22-16(3)26-27(17(22)4)20-11-9-15(2)10-12-20/h6-13,24H,5,14H2,1-4H3,(H,25,28). The first-order chi connectivity index (χ1) is 14.4. The van der Waals surface area contributed by atoms with Crippen molar-refractivity contribution in [3.8, 4) is 5.69 Å². The van der Waals surface area contributed by atoms with Gasteiger partial charge in [0.05, 0.1) is 41.5 Å².